The van der Waals surface area contributed by atoms with E-state index in [9.17, 15) is 14.4 Å². The summed E-state index contributed by atoms with van der Waals surface area (Å²) in [5, 5.41) is 0. The molecule has 0 aliphatic carbocycles. The van der Waals surface area contributed by atoms with E-state index in [1.54, 1.807) is 11.8 Å². The van der Waals surface area contributed by atoms with Crippen LogP contribution in [0.4, 0.5) is 0 Å². The Labute approximate surface area is 129 Å². The predicted octanol–water partition coefficient (Wildman–Crippen LogP) is 1.08. The van der Waals surface area contributed by atoms with Crippen molar-refractivity contribution in [2.75, 3.05) is 19.6 Å². The second-order valence-electron chi connectivity index (χ2n) is 5.93. The molecule has 2 fully saturated rings. The monoisotopic (exact) mass is 300 g/mol. The molecule has 2 aliphatic rings. The number of likely N-dealkylation sites (tertiary alicyclic amines) is 2. The normalized spacial score (nSPS) is 24.0. The van der Waals surface area contributed by atoms with Crippen LogP contribution < -0.4 is 0 Å². The molecule has 0 unspecified atom stereocenters. The fourth-order valence-corrected chi connectivity index (χ4v) is 3.35. The van der Waals surface area contributed by atoms with Crippen LogP contribution in [0.2, 0.25) is 0 Å². The Balaban J connectivity index is 1.64. The van der Waals surface area contributed by atoms with Crippen molar-refractivity contribution in [2.45, 2.75) is 19.8 Å². The lowest BCUT2D eigenvalue weighted by atomic mass is 10.00. The Hall–Kier alpha value is -2.17. The van der Waals surface area contributed by atoms with E-state index < -0.39 is 0 Å². The number of imide groups is 1. The van der Waals surface area contributed by atoms with Gasteiger partial charge in [0.1, 0.15) is 0 Å². The predicted molar refractivity (Wildman–Crippen MR) is 80.7 cm³/mol. The molecule has 0 saturated carbocycles. The van der Waals surface area contributed by atoms with Crippen molar-refractivity contribution in [2.24, 2.45) is 11.8 Å². The maximum Gasteiger partial charge on any atom is 0.234 e. The second-order valence-corrected chi connectivity index (χ2v) is 5.93. The van der Waals surface area contributed by atoms with Gasteiger partial charge >= 0.3 is 0 Å². The van der Waals surface area contributed by atoms with Crippen molar-refractivity contribution < 1.29 is 14.4 Å². The van der Waals surface area contributed by atoms with Crippen LogP contribution in [-0.4, -0.2) is 47.2 Å². The van der Waals surface area contributed by atoms with Crippen molar-refractivity contribution >= 4 is 17.7 Å². The molecule has 1 aromatic rings. The van der Waals surface area contributed by atoms with Gasteiger partial charge in [0.2, 0.25) is 17.7 Å². The van der Waals surface area contributed by atoms with E-state index in [1.807, 2.05) is 30.3 Å². The van der Waals surface area contributed by atoms with E-state index in [0.29, 0.717) is 32.5 Å². The van der Waals surface area contributed by atoms with Gasteiger partial charge in [0.15, 0.2) is 0 Å². The van der Waals surface area contributed by atoms with Crippen molar-refractivity contribution in [1.82, 2.24) is 9.80 Å². The average Bonchev–Trinajstić information content (AvgIpc) is 3.07. The van der Waals surface area contributed by atoms with E-state index in [-0.39, 0.29) is 29.6 Å². The highest BCUT2D eigenvalue weighted by Gasteiger charge is 2.52. The standard InChI is InChI=1S/C17H20N2O3/c1-2-15(20)18-10-13-14(11-18)17(22)19(16(13)21)9-8-12-6-4-3-5-7-12/h3-7,13-14H,2,8-11H2,1H3/t13-,14+. The van der Waals surface area contributed by atoms with E-state index in [4.69, 9.17) is 0 Å². The summed E-state index contributed by atoms with van der Waals surface area (Å²) in [6.07, 6.45) is 1.09. The molecule has 2 atom stereocenters. The number of hydrogen-bond acceptors (Lipinski definition) is 3. The zero-order chi connectivity index (χ0) is 15.7. The Morgan fingerprint density at radius 3 is 2.23 bits per heavy atom. The van der Waals surface area contributed by atoms with Crippen LogP contribution in [0.15, 0.2) is 30.3 Å². The van der Waals surface area contributed by atoms with Crippen molar-refractivity contribution in [3.05, 3.63) is 35.9 Å². The third-order valence-electron chi connectivity index (χ3n) is 4.61. The summed E-state index contributed by atoms with van der Waals surface area (Å²) in [5.74, 6) is -0.877. The molecule has 0 aromatic heterocycles. The first-order valence-corrected chi connectivity index (χ1v) is 7.78. The molecule has 0 spiro atoms. The van der Waals surface area contributed by atoms with Crippen LogP contribution in [-0.2, 0) is 20.8 Å². The van der Waals surface area contributed by atoms with Crippen LogP contribution in [0.25, 0.3) is 0 Å². The average molecular weight is 300 g/mol. The molecule has 0 N–H and O–H groups in total. The van der Waals surface area contributed by atoms with Gasteiger partial charge in [-0.15, -0.1) is 0 Å². The molecule has 116 valence electrons. The second kappa shape index (κ2) is 5.91. The van der Waals surface area contributed by atoms with Gasteiger partial charge in [0.25, 0.3) is 0 Å². The fraction of sp³-hybridized carbons (Fsp3) is 0.471. The first-order chi connectivity index (χ1) is 10.6. The Morgan fingerprint density at radius 2 is 1.68 bits per heavy atom. The molecule has 3 rings (SSSR count). The minimum atomic E-state index is -0.334. The van der Waals surface area contributed by atoms with E-state index >= 15 is 0 Å². The highest BCUT2D eigenvalue weighted by Crippen LogP contribution is 2.33. The summed E-state index contributed by atoms with van der Waals surface area (Å²) >= 11 is 0. The van der Waals surface area contributed by atoms with Crippen LogP contribution in [0.1, 0.15) is 18.9 Å². The van der Waals surface area contributed by atoms with Gasteiger partial charge in [-0.25, -0.2) is 0 Å². The summed E-state index contributed by atoms with van der Waals surface area (Å²) in [7, 11) is 0. The third kappa shape index (κ3) is 2.51. The van der Waals surface area contributed by atoms with Gasteiger partial charge in [-0.05, 0) is 12.0 Å². The van der Waals surface area contributed by atoms with Gasteiger partial charge in [-0.2, -0.15) is 0 Å². The molecule has 5 heteroatoms. The smallest absolute Gasteiger partial charge is 0.234 e. The minimum Gasteiger partial charge on any atom is -0.341 e. The van der Waals surface area contributed by atoms with E-state index in [0.717, 1.165) is 5.56 Å². The van der Waals surface area contributed by atoms with Crippen LogP contribution in [0.5, 0.6) is 0 Å². The molecule has 2 aliphatic heterocycles. The number of benzene rings is 1. The number of carbonyl (C=O) groups is 3. The summed E-state index contributed by atoms with van der Waals surface area (Å²) in [6.45, 7) is 3.01. The Bertz CT molecular complexity index is 575. The number of hydrogen-bond donors (Lipinski definition) is 0. The van der Waals surface area contributed by atoms with Crippen LogP contribution in [0.3, 0.4) is 0 Å². The zero-order valence-electron chi connectivity index (χ0n) is 12.7. The fourth-order valence-electron chi connectivity index (χ4n) is 3.35. The molecule has 2 heterocycles. The zero-order valence-corrected chi connectivity index (χ0v) is 12.7. The first-order valence-electron chi connectivity index (χ1n) is 7.78. The Kier molecular flexibility index (Phi) is 3.96. The summed E-state index contributed by atoms with van der Waals surface area (Å²) in [4.78, 5) is 39.7. The lowest BCUT2D eigenvalue weighted by Crippen LogP contribution is -2.38. The number of fused-ring (bicyclic) bond motifs is 1. The number of rotatable bonds is 4. The topological polar surface area (TPSA) is 57.7 Å². The minimum absolute atomic E-state index is 0.0193. The SMILES string of the molecule is CCC(=O)N1C[C@@H]2C(=O)N(CCc3ccccc3)C(=O)[C@@H]2C1. The third-order valence-corrected chi connectivity index (χ3v) is 4.61. The highest BCUT2D eigenvalue weighted by atomic mass is 16.2. The van der Waals surface area contributed by atoms with E-state index in [2.05, 4.69) is 0 Å². The Morgan fingerprint density at radius 1 is 1.09 bits per heavy atom. The lowest BCUT2D eigenvalue weighted by Gasteiger charge is -2.20. The molecule has 1 aromatic carbocycles. The quantitative estimate of drug-likeness (QED) is 0.782. The van der Waals surface area contributed by atoms with Gasteiger partial charge in [-0.3, -0.25) is 19.3 Å². The van der Waals surface area contributed by atoms with Crippen LogP contribution >= 0.6 is 0 Å². The van der Waals surface area contributed by atoms with Gasteiger partial charge in [0.05, 0.1) is 11.8 Å². The first kappa shape index (κ1) is 14.8. The maximum absolute atomic E-state index is 12.4. The lowest BCUT2D eigenvalue weighted by molar-refractivity contribution is -0.141. The molecule has 0 bridgehead atoms. The van der Waals surface area contributed by atoms with Crippen LogP contribution in [0, 0.1) is 11.8 Å². The maximum atomic E-state index is 12.4. The molecule has 22 heavy (non-hydrogen) atoms. The van der Waals surface area contributed by atoms with Gasteiger partial charge in [0, 0.05) is 26.1 Å². The largest absolute Gasteiger partial charge is 0.341 e. The summed E-state index contributed by atoms with van der Waals surface area (Å²) < 4.78 is 0. The molecule has 0 radical (unpaired) electrons. The summed E-state index contributed by atoms with van der Waals surface area (Å²) in [6, 6.07) is 9.83. The molecule has 2 saturated heterocycles. The summed E-state index contributed by atoms with van der Waals surface area (Å²) in [5.41, 5.74) is 1.11. The number of amides is 3. The molecular weight excluding hydrogens is 280 g/mol. The highest BCUT2D eigenvalue weighted by molar-refractivity contribution is 6.06. The van der Waals surface area contributed by atoms with Gasteiger partial charge in [-0.1, -0.05) is 37.3 Å². The number of nitrogens with zero attached hydrogens (tertiary/aromatic N) is 2. The van der Waals surface area contributed by atoms with Crippen molar-refractivity contribution in [3.63, 3.8) is 0 Å². The number of carbonyl (C=O) groups excluding carboxylic acids is 3. The van der Waals surface area contributed by atoms with Crippen molar-refractivity contribution in [1.29, 1.82) is 0 Å². The molecule has 5 nitrogen and oxygen atoms in total. The van der Waals surface area contributed by atoms with E-state index in [1.165, 1.54) is 4.90 Å². The molecule has 3 amide bonds. The van der Waals surface area contributed by atoms with Gasteiger partial charge < -0.3 is 4.90 Å². The molecular formula is C17H20N2O3. The van der Waals surface area contributed by atoms with Crippen molar-refractivity contribution in [3.8, 4) is 0 Å².